The molecule has 0 unspecified atom stereocenters. The first-order valence-corrected chi connectivity index (χ1v) is 10.2. The van der Waals surface area contributed by atoms with Crippen LogP contribution in [0.4, 0.5) is 0 Å². The lowest BCUT2D eigenvalue weighted by Crippen LogP contribution is -2.30. The molecule has 1 amide bonds. The van der Waals surface area contributed by atoms with E-state index in [0.29, 0.717) is 28.9 Å². The highest BCUT2D eigenvalue weighted by Crippen LogP contribution is 2.27. The average Bonchev–Trinajstić information content (AvgIpc) is 3.27. The SMILES string of the molecule is CCCN(Cc1nnc(-c2ccccc2Cl)o1)C(=O)c1cc(C)c(CC)s1. The molecule has 0 saturated heterocycles. The van der Waals surface area contributed by atoms with Crippen LogP contribution in [0.1, 0.15) is 46.3 Å². The van der Waals surface area contributed by atoms with Crippen LogP contribution < -0.4 is 0 Å². The third kappa shape index (κ3) is 4.39. The van der Waals surface area contributed by atoms with Crippen LogP contribution in [-0.4, -0.2) is 27.5 Å². The van der Waals surface area contributed by atoms with Gasteiger partial charge in [0.1, 0.15) is 0 Å². The standard InChI is InChI=1S/C20H22ClN3O2S/c1-4-10-24(20(25)17-11-13(3)16(5-2)27-17)12-18-22-23-19(26-18)14-8-6-7-9-15(14)21/h6-9,11H,4-5,10,12H2,1-3H3. The van der Waals surface area contributed by atoms with Crippen molar-refractivity contribution in [3.63, 3.8) is 0 Å². The van der Waals surface area contributed by atoms with Gasteiger partial charge >= 0.3 is 0 Å². The number of benzene rings is 1. The van der Waals surface area contributed by atoms with Crippen molar-refractivity contribution < 1.29 is 9.21 Å². The van der Waals surface area contributed by atoms with Crippen molar-refractivity contribution in [1.82, 2.24) is 15.1 Å². The number of hydrogen-bond donors (Lipinski definition) is 0. The van der Waals surface area contributed by atoms with Crippen molar-refractivity contribution >= 4 is 28.8 Å². The largest absolute Gasteiger partial charge is 0.419 e. The summed E-state index contributed by atoms with van der Waals surface area (Å²) in [5, 5.41) is 8.74. The van der Waals surface area contributed by atoms with E-state index in [1.807, 2.05) is 38.1 Å². The first-order valence-electron chi connectivity index (χ1n) is 8.99. The number of amides is 1. The topological polar surface area (TPSA) is 59.2 Å². The maximum absolute atomic E-state index is 13.0. The molecule has 2 heterocycles. The normalized spacial score (nSPS) is 11.0. The Labute approximate surface area is 168 Å². The fraction of sp³-hybridized carbons (Fsp3) is 0.350. The van der Waals surface area contributed by atoms with Crippen molar-refractivity contribution in [2.45, 2.75) is 40.2 Å². The molecule has 0 N–H and O–H groups in total. The Morgan fingerprint density at radius 2 is 2.04 bits per heavy atom. The molecule has 27 heavy (non-hydrogen) atoms. The fourth-order valence-corrected chi connectivity index (χ4v) is 4.18. The summed E-state index contributed by atoms with van der Waals surface area (Å²) < 4.78 is 5.77. The lowest BCUT2D eigenvalue weighted by molar-refractivity contribution is 0.0733. The first kappa shape index (κ1) is 19.6. The molecule has 0 saturated carbocycles. The maximum Gasteiger partial charge on any atom is 0.264 e. The average molecular weight is 404 g/mol. The number of rotatable bonds is 7. The van der Waals surface area contributed by atoms with Gasteiger partial charge in [0.25, 0.3) is 5.91 Å². The Hall–Kier alpha value is -2.18. The maximum atomic E-state index is 13.0. The van der Waals surface area contributed by atoms with E-state index in [2.05, 4.69) is 17.1 Å². The summed E-state index contributed by atoms with van der Waals surface area (Å²) in [7, 11) is 0. The van der Waals surface area contributed by atoms with Gasteiger partial charge in [0.15, 0.2) is 0 Å². The van der Waals surface area contributed by atoms with Crippen LogP contribution in [0.5, 0.6) is 0 Å². The van der Waals surface area contributed by atoms with Crippen LogP contribution in [0.15, 0.2) is 34.7 Å². The zero-order chi connectivity index (χ0) is 19.4. The van der Waals surface area contributed by atoms with Gasteiger partial charge in [0.2, 0.25) is 11.8 Å². The zero-order valence-electron chi connectivity index (χ0n) is 15.7. The number of carbonyl (C=O) groups excluding carboxylic acids is 1. The number of aryl methyl sites for hydroxylation is 2. The third-order valence-corrected chi connectivity index (χ3v) is 5.93. The molecule has 2 aromatic heterocycles. The predicted molar refractivity (Wildman–Crippen MR) is 108 cm³/mol. The molecule has 3 rings (SSSR count). The molecule has 0 bridgehead atoms. The molecule has 5 nitrogen and oxygen atoms in total. The summed E-state index contributed by atoms with van der Waals surface area (Å²) in [5.41, 5.74) is 1.86. The zero-order valence-corrected chi connectivity index (χ0v) is 17.2. The van der Waals surface area contributed by atoms with Gasteiger partial charge in [-0.15, -0.1) is 21.5 Å². The fourth-order valence-electron chi connectivity index (χ4n) is 2.88. The molecule has 0 atom stereocenters. The van der Waals surface area contributed by atoms with E-state index in [1.54, 1.807) is 22.3 Å². The second-order valence-corrected chi connectivity index (χ2v) is 7.82. The van der Waals surface area contributed by atoms with Gasteiger partial charge in [0.05, 0.1) is 22.0 Å². The molecule has 0 aliphatic heterocycles. The van der Waals surface area contributed by atoms with Crippen molar-refractivity contribution in [3.05, 3.63) is 56.6 Å². The minimum absolute atomic E-state index is 0.00198. The van der Waals surface area contributed by atoms with Gasteiger partial charge < -0.3 is 9.32 Å². The van der Waals surface area contributed by atoms with Crippen LogP contribution in [-0.2, 0) is 13.0 Å². The highest BCUT2D eigenvalue weighted by atomic mass is 35.5. The van der Waals surface area contributed by atoms with E-state index in [0.717, 1.165) is 17.7 Å². The summed E-state index contributed by atoms with van der Waals surface area (Å²) in [4.78, 5) is 16.7. The van der Waals surface area contributed by atoms with Gasteiger partial charge in [-0.1, -0.05) is 37.6 Å². The van der Waals surface area contributed by atoms with Crippen molar-refractivity contribution in [2.75, 3.05) is 6.54 Å². The minimum Gasteiger partial charge on any atom is -0.419 e. The smallest absolute Gasteiger partial charge is 0.264 e. The third-order valence-electron chi connectivity index (χ3n) is 4.23. The summed E-state index contributed by atoms with van der Waals surface area (Å²) in [6.45, 7) is 7.10. The Balaban J connectivity index is 1.80. The Morgan fingerprint density at radius 1 is 1.26 bits per heavy atom. The highest BCUT2D eigenvalue weighted by Gasteiger charge is 2.21. The monoisotopic (exact) mass is 403 g/mol. The summed E-state index contributed by atoms with van der Waals surface area (Å²) >= 11 is 7.75. The molecule has 0 aliphatic rings. The number of hydrogen-bond acceptors (Lipinski definition) is 5. The molecule has 142 valence electrons. The number of aromatic nitrogens is 2. The summed E-state index contributed by atoms with van der Waals surface area (Å²) in [6, 6.07) is 9.28. The molecule has 1 aromatic carbocycles. The highest BCUT2D eigenvalue weighted by molar-refractivity contribution is 7.14. The van der Waals surface area contributed by atoms with E-state index >= 15 is 0 Å². The molecule has 3 aromatic rings. The first-order chi connectivity index (χ1) is 13.0. The lowest BCUT2D eigenvalue weighted by Gasteiger charge is -2.19. The Bertz CT molecular complexity index is 935. The van der Waals surface area contributed by atoms with Crippen LogP contribution in [0.2, 0.25) is 5.02 Å². The molecule has 0 aliphatic carbocycles. The minimum atomic E-state index is 0.00198. The number of carbonyl (C=O) groups is 1. The Morgan fingerprint density at radius 3 is 2.70 bits per heavy atom. The van der Waals surface area contributed by atoms with Gasteiger partial charge in [-0.05, 0) is 43.5 Å². The van der Waals surface area contributed by atoms with Crippen LogP contribution in [0, 0.1) is 6.92 Å². The predicted octanol–water partition coefficient (Wildman–Crippen LogP) is 5.37. The molecule has 0 radical (unpaired) electrons. The van der Waals surface area contributed by atoms with E-state index in [9.17, 15) is 4.79 Å². The molecule has 0 spiro atoms. The van der Waals surface area contributed by atoms with Crippen LogP contribution >= 0.6 is 22.9 Å². The summed E-state index contributed by atoms with van der Waals surface area (Å²) in [5.74, 6) is 0.762. The van der Waals surface area contributed by atoms with Gasteiger partial charge in [-0.2, -0.15) is 0 Å². The van der Waals surface area contributed by atoms with Crippen molar-refractivity contribution in [1.29, 1.82) is 0 Å². The second kappa shape index (κ2) is 8.67. The quantitative estimate of drug-likeness (QED) is 0.531. The number of nitrogens with zero attached hydrogens (tertiary/aromatic N) is 3. The summed E-state index contributed by atoms with van der Waals surface area (Å²) in [6.07, 6.45) is 1.78. The molecular weight excluding hydrogens is 382 g/mol. The van der Waals surface area contributed by atoms with Crippen LogP contribution in [0.25, 0.3) is 11.5 Å². The number of thiophene rings is 1. The molecule has 7 heteroatoms. The van der Waals surface area contributed by atoms with E-state index in [-0.39, 0.29) is 12.5 Å². The van der Waals surface area contributed by atoms with Crippen molar-refractivity contribution in [2.24, 2.45) is 0 Å². The van der Waals surface area contributed by atoms with Gasteiger partial charge in [-0.3, -0.25) is 4.79 Å². The van der Waals surface area contributed by atoms with E-state index in [1.165, 1.54) is 10.4 Å². The molecular formula is C20H22ClN3O2S. The Kier molecular flexibility index (Phi) is 6.29. The number of halogens is 1. The molecule has 0 fully saturated rings. The van der Waals surface area contributed by atoms with Gasteiger partial charge in [0, 0.05) is 11.4 Å². The van der Waals surface area contributed by atoms with Crippen LogP contribution in [0.3, 0.4) is 0 Å². The lowest BCUT2D eigenvalue weighted by atomic mass is 10.2. The van der Waals surface area contributed by atoms with Gasteiger partial charge in [-0.25, -0.2) is 0 Å². The van der Waals surface area contributed by atoms with E-state index < -0.39 is 0 Å². The van der Waals surface area contributed by atoms with Crippen molar-refractivity contribution in [3.8, 4) is 11.5 Å². The van der Waals surface area contributed by atoms with E-state index in [4.69, 9.17) is 16.0 Å². The second-order valence-electron chi connectivity index (χ2n) is 6.28.